The van der Waals surface area contributed by atoms with Crippen molar-refractivity contribution in [3.8, 4) is 6.07 Å². The van der Waals surface area contributed by atoms with Gasteiger partial charge in [0.05, 0.1) is 6.07 Å². The number of rotatable bonds is 2. The van der Waals surface area contributed by atoms with Gasteiger partial charge in [-0.2, -0.15) is 5.26 Å². The Morgan fingerprint density at radius 3 is 2.35 bits per heavy atom. The number of carbonyl (C=O) groups excluding carboxylic acids is 1. The lowest BCUT2D eigenvalue weighted by Gasteiger charge is -2.23. The van der Waals surface area contributed by atoms with Gasteiger partial charge in [0.15, 0.2) is 11.6 Å². The van der Waals surface area contributed by atoms with Gasteiger partial charge in [0.1, 0.15) is 5.41 Å². The quantitative estimate of drug-likeness (QED) is 0.837. The molecular formula is C15H16F2N2O. The zero-order valence-electron chi connectivity index (χ0n) is 11.1. The first-order valence-corrected chi connectivity index (χ1v) is 6.75. The van der Waals surface area contributed by atoms with Crippen LogP contribution in [-0.2, 0) is 4.79 Å². The molecule has 0 atom stereocenters. The largest absolute Gasteiger partial charge is 0.325 e. The molecule has 0 radical (unpaired) electrons. The Bertz CT molecular complexity index is 543. The number of carbonyl (C=O) groups is 1. The van der Waals surface area contributed by atoms with E-state index >= 15 is 0 Å². The molecule has 0 bridgehead atoms. The van der Waals surface area contributed by atoms with E-state index in [1.54, 1.807) is 0 Å². The van der Waals surface area contributed by atoms with E-state index in [1.807, 2.05) is 0 Å². The van der Waals surface area contributed by atoms with Gasteiger partial charge in [0, 0.05) is 11.8 Å². The molecule has 0 heterocycles. The predicted molar refractivity (Wildman–Crippen MR) is 70.7 cm³/mol. The van der Waals surface area contributed by atoms with E-state index in [2.05, 4.69) is 11.4 Å². The molecule has 0 unspecified atom stereocenters. The number of nitrogens with one attached hydrogen (secondary N) is 1. The highest BCUT2D eigenvalue weighted by Gasteiger charge is 2.38. The summed E-state index contributed by atoms with van der Waals surface area (Å²) in [6, 6.07) is 5.29. The van der Waals surface area contributed by atoms with Crippen LogP contribution in [0.2, 0.25) is 0 Å². The van der Waals surface area contributed by atoms with Gasteiger partial charge in [-0.1, -0.05) is 25.7 Å². The normalized spacial score (nSPS) is 17.9. The van der Waals surface area contributed by atoms with Gasteiger partial charge in [-0.15, -0.1) is 0 Å². The SMILES string of the molecule is N#CC1(C(=O)Nc2ccc(F)c(F)c2)CCCCCC1. The molecule has 1 aliphatic rings. The van der Waals surface area contributed by atoms with E-state index in [0.29, 0.717) is 12.8 Å². The fraction of sp³-hybridized carbons (Fsp3) is 0.467. The molecule has 1 N–H and O–H groups in total. The van der Waals surface area contributed by atoms with Gasteiger partial charge in [0.25, 0.3) is 0 Å². The molecule has 106 valence electrons. The highest BCUT2D eigenvalue weighted by atomic mass is 19.2. The molecule has 3 nitrogen and oxygen atoms in total. The number of hydrogen-bond acceptors (Lipinski definition) is 2. The predicted octanol–water partition coefficient (Wildman–Crippen LogP) is 3.77. The van der Waals surface area contributed by atoms with Gasteiger partial charge in [-0.05, 0) is 25.0 Å². The minimum atomic E-state index is -1.05. The molecule has 0 saturated heterocycles. The Morgan fingerprint density at radius 2 is 1.80 bits per heavy atom. The van der Waals surface area contributed by atoms with Crippen LogP contribution in [-0.4, -0.2) is 5.91 Å². The first kappa shape index (κ1) is 14.4. The average Bonchev–Trinajstić information content (AvgIpc) is 2.69. The number of amides is 1. The Morgan fingerprint density at radius 1 is 1.15 bits per heavy atom. The smallest absolute Gasteiger partial charge is 0.244 e. The van der Waals surface area contributed by atoms with Crippen molar-refractivity contribution in [3.63, 3.8) is 0 Å². The Balaban J connectivity index is 2.16. The van der Waals surface area contributed by atoms with E-state index in [9.17, 15) is 18.8 Å². The molecule has 1 amide bonds. The zero-order chi connectivity index (χ0) is 14.6. The molecule has 1 aromatic rings. The van der Waals surface area contributed by atoms with Crippen molar-refractivity contribution < 1.29 is 13.6 Å². The average molecular weight is 278 g/mol. The summed E-state index contributed by atoms with van der Waals surface area (Å²) in [5, 5.41) is 11.9. The standard InChI is InChI=1S/C15H16F2N2O/c16-12-6-5-11(9-13(12)17)19-14(20)15(10-18)7-3-1-2-4-8-15/h5-6,9H,1-4,7-8H2,(H,19,20). The number of hydrogen-bond donors (Lipinski definition) is 1. The van der Waals surface area contributed by atoms with Crippen LogP contribution in [0.25, 0.3) is 0 Å². The second kappa shape index (κ2) is 6.00. The van der Waals surface area contributed by atoms with Gasteiger partial charge in [-0.3, -0.25) is 4.79 Å². The molecule has 1 aliphatic carbocycles. The lowest BCUT2D eigenvalue weighted by atomic mass is 9.81. The lowest BCUT2D eigenvalue weighted by molar-refractivity contribution is -0.123. The van der Waals surface area contributed by atoms with Crippen LogP contribution in [0.4, 0.5) is 14.5 Å². The first-order valence-electron chi connectivity index (χ1n) is 6.75. The van der Waals surface area contributed by atoms with Crippen molar-refractivity contribution in [1.82, 2.24) is 0 Å². The van der Waals surface area contributed by atoms with Crippen molar-refractivity contribution >= 4 is 11.6 Å². The van der Waals surface area contributed by atoms with Crippen LogP contribution in [0.5, 0.6) is 0 Å². The minimum Gasteiger partial charge on any atom is -0.325 e. The fourth-order valence-electron chi connectivity index (χ4n) is 2.55. The second-order valence-electron chi connectivity index (χ2n) is 5.19. The Hall–Kier alpha value is -1.96. The Labute approximate surface area is 116 Å². The summed E-state index contributed by atoms with van der Waals surface area (Å²) in [5.41, 5.74) is -0.880. The van der Waals surface area contributed by atoms with Crippen molar-refractivity contribution in [3.05, 3.63) is 29.8 Å². The van der Waals surface area contributed by atoms with Gasteiger partial charge in [-0.25, -0.2) is 8.78 Å². The number of nitriles is 1. The molecule has 2 rings (SSSR count). The van der Waals surface area contributed by atoms with Crippen LogP contribution in [0.15, 0.2) is 18.2 Å². The third-order valence-corrected chi connectivity index (χ3v) is 3.78. The molecule has 1 saturated carbocycles. The third kappa shape index (κ3) is 2.96. The van der Waals surface area contributed by atoms with E-state index in [1.165, 1.54) is 6.07 Å². The summed E-state index contributed by atoms with van der Waals surface area (Å²) < 4.78 is 26.0. The molecule has 0 spiro atoms. The summed E-state index contributed by atoms with van der Waals surface area (Å²) in [6.45, 7) is 0. The zero-order valence-corrected chi connectivity index (χ0v) is 11.1. The van der Waals surface area contributed by atoms with E-state index in [-0.39, 0.29) is 5.69 Å². The van der Waals surface area contributed by atoms with Crippen LogP contribution in [0.3, 0.4) is 0 Å². The maximum Gasteiger partial charge on any atom is 0.244 e. The summed E-state index contributed by atoms with van der Waals surface area (Å²) in [7, 11) is 0. The second-order valence-corrected chi connectivity index (χ2v) is 5.19. The molecular weight excluding hydrogens is 262 g/mol. The van der Waals surface area contributed by atoms with E-state index < -0.39 is 23.0 Å². The Kier molecular flexibility index (Phi) is 4.33. The maximum absolute atomic E-state index is 13.1. The van der Waals surface area contributed by atoms with E-state index in [0.717, 1.165) is 37.8 Å². The van der Waals surface area contributed by atoms with Crippen LogP contribution < -0.4 is 5.32 Å². The van der Waals surface area contributed by atoms with Crippen LogP contribution in [0, 0.1) is 28.4 Å². The molecule has 5 heteroatoms. The molecule has 20 heavy (non-hydrogen) atoms. The minimum absolute atomic E-state index is 0.174. The van der Waals surface area contributed by atoms with Gasteiger partial charge < -0.3 is 5.32 Å². The van der Waals surface area contributed by atoms with Crippen molar-refractivity contribution in [2.75, 3.05) is 5.32 Å². The van der Waals surface area contributed by atoms with Crippen LogP contribution in [0.1, 0.15) is 38.5 Å². The topological polar surface area (TPSA) is 52.9 Å². The van der Waals surface area contributed by atoms with Crippen molar-refractivity contribution in [2.45, 2.75) is 38.5 Å². The highest BCUT2D eigenvalue weighted by Crippen LogP contribution is 2.35. The first-order chi connectivity index (χ1) is 9.57. The monoisotopic (exact) mass is 278 g/mol. The maximum atomic E-state index is 13.1. The molecule has 1 aromatic carbocycles. The van der Waals surface area contributed by atoms with Gasteiger partial charge >= 0.3 is 0 Å². The lowest BCUT2D eigenvalue weighted by Crippen LogP contribution is -2.34. The summed E-state index contributed by atoms with van der Waals surface area (Å²) in [5.74, 6) is -2.41. The molecule has 0 aliphatic heterocycles. The summed E-state index contributed by atoms with van der Waals surface area (Å²) in [4.78, 5) is 12.3. The molecule has 0 aromatic heterocycles. The highest BCUT2D eigenvalue weighted by molar-refractivity contribution is 5.97. The summed E-state index contributed by atoms with van der Waals surface area (Å²) in [6.07, 6.45) is 4.72. The third-order valence-electron chi connectivity index (χ3n) is 3.78. The van der Waals surface area contributed by atoms with Crippen LogP contribution >= 0.6 is 0 Å². The number of nitrogens with zero attached hydrogens (tertiary/aromatic N) is 1. The van der Waals surface area contributed by atoms with Crippen molar-refractivity contribution in [1.29, 1.82) is 5.26 Å². The number of benzene rings is 1. The van der Waals surface area contributed by atoms with Gasteiger partial charge in [0.2, 0.25) is 5.91 Å². The van der Waals surface area contributed by atoms with E-state index in [4.69, 9.17) is 0 Å². The van der Waals surface area contributed by atoms with Crippen molar-refractivity contribution in [2.24, 2.45) is 5.41 Å². The fourth-order valence-corrected chi connectivity index (χ4v) is 2.55. The summed E-state index contributed by atoms with van der Waals surface area (Å²) >= 11 is 0. The number of halogens is 2. The molecule has 1 fully saturated rings. The number of anilines is 1.